The number of hydrogen-bond donors (Lipinski definition) is 1. The van der Waals surface area contributed by atoms with Crippen molar-refractivity contribution >= 4 is 42.4 Å². The molecule has 0 aromatic heterocycles. The number of hydrogen-bond acceptors (Lipinski definition) is 2. The summed E-state index contributed by atoms with van der Waals surface area (Å²) in [7, 11) is 1.00. The second-order valence-corrected chi connectivity index (χ2v) is 3.62. The molecule has 0 unspecified atom stereocenters. The summed E-state index contributed by atoms with van der Waals surface area (Å²) in [5, 5.41) is 7.00. The zero-order valence-electron chi connectivity index (χ0n) is 9.19. The van der Waals surface area contributed by atoms with E-state index in [0.717, 1.165) is 20.3 Å². The molecule has 7 radical (unpaired) electrons. The Kier molecular flexibility index (Phi) is 17.0. The molecule has 15 heavy (non-hydrogen) atoms. The van der Waals surface area contributed by atoms with E-state index in [1.165, 1.54) is 16.5 Å². The van der Waals surface area contributed by atoms with Gasteiger partial charge in [0.1, 0.15) is 0 Å². The Bertz CT molecular complexity index is 195. The van der Waals surface area contributed by atoms with E-state index in [-0.39, 0.29) is 17.0 Å². The van der Waals surface area contributed by atoms with Crippen LogP contribution in [0.2, 0.25) is 0 Å². The average Bonchev–Trinajstić information content (AvgIpc) is 2.80. The maximum Gasteiger partial charge on any atom is 1.47 e. The van der Waals surface area contributed by atoms with Crippen LogP contribution in [0.1, 0.15) is 12.8 Å². The molecule has 1 heterocycles. The number of halogens is 1. The zero-order valence-corrected chi connectivity index (χ0v) is 12.3. The number of aliphatic hydroxyl groups excluding tert-OH is 1. The van der Waals surface area contributed by atoms with Crippen molar-refractivity contribution < 1.29 is 9.84 Å². The van der Waals surface area contributed by atoms with Gasteiger partial charge in [0, 0.05) is 32.5 Å². The van der Waals surface area contributed by atoms with Gasteiger partial charge in [0.15, 0.2) is 0 Å². The fraction of sp³-hybridized carbons (Fsp3) is 0.455. The molecule has 0 spiro atoms. The van der Waals surface area contributed by atoms with Crippen molar-refractivity contribution in [1.29, 1.82) is 0 Å². The van der Waals surface area contributed by atoms with Gasteiger partial charge >= 0.3 is 25.4 Å². The van der Waals surface area contributed by atoms with E-state index in [9.17, 15) is 0 Å². The highest BCUT2D eigenvalue weighted by Crippen LogP contribution is 1.98. The summed E-state index contributed by atoms with van der Waals surface area (Å²) in [6.45, 7) is 2.00. The molecule has 0 atom stereocenters. The van der Waals surface area contributed by atoms with E-state index < -0.39 is 0 Å². The molecule has 1 aromatic rings. The molecule has 2 nitrogen and oxygen atoms in total. The van der Waals surface area contributed by atoms with Crippen molar-refractivity contribution in [1.82, 2.24) is 0 Å². The molecule has 2 rings (SSSR count). The average molecular weight is 286 g/mol. The van der Waals surface area contributed by atoms with E-state index in [4.69, 9.17) is 9.84 Å². The number of aliphatic hydroxyl groups is 1. The second kappa shape index (κ2) is 14.4. The molecule has 1 aromatic carbocycles. The molecule has 4 heteroatoms. The largest absolute Gasteiger partial charge is 1.47 e. The van der Waals surface area contributed by atoms with Crippen molar-refractivity contribution in [3.8, 4) is 0 Å². The van der Waals surface area contributed by atoms with Gasteiger partial charge in [-0.1, -0.05) is 18.2 Å². The second-order valence-electron chi connectivity index (χ2n) is 2.81. The van der Waals surface area contributed by atoms with Gasteiger partial charge in [0.05, 0.1) is 0 Å². The quantitative estimate of drug-likeness (QED) is 0.732. The summed E-state index contributed by atoms with van der Waals surface area (Å²) in [5.74, 6) is 0. The maximum absolute atomic E-state index is 7.00. The molecule has 0 aliphatic carbocycles. The highest BCUT2D eigenvalue weighted by Gasteiger charge is 2.28. The molecule has 1 aliphatic rings. The molecule has 0 bridgehead atoms. The standard InChI is InChI=1S/C6H5.C4H8O.CH4O.BrH.Mg/c1-2-4-6-5-3-1;1-2-4-5-3-1;1-2;;/h1-5H;1-4H2;2H,1H3;1H;/q;;;;+2. The molecular formula is C11H18BrMgO2+2. The lowest BCUT2D eigenvalue weighted by molar-refractivity contribution is 0.198. The Morgan fingerprint density at radius 2 is 1.53 bits per heavy atom. The van der Waals surface area contributed by atoms with Gasteiger partial charge < -0.3 is 9.84 Å². The van der Waals surface area contributed by atoms with Crippen molar-refractivity contribution in [3.63, 3.8) is 0 Å². The molecule has 1 saturated heterocycles. The first-order valence-corrected chi connectivity index (χ1v) is 5.50. The van der Waals surface area contributed by atoms with E-state index >= 15 is 0 Å². The van der Waals surface area contributed by atoms with E-state index in [1.807, 2.05) is 39.9 Å². The Labute approximate surface area is 115 Å². The Hall–Kier alpha value is 0.386. The summed E-state index contributed by atoms with van der Waals surface area (Å²) < 4.78 is 6.29. The van der Waals surface area contributed by atoms with Gasteiger partial charge in [0.2, 0.25) is 0 Å². The maximum atomic E-state index is 7.00. The Morgan fingerprint density at radius 1 is 1.07 bits per heavy atom. The highest BCUT2D eigenvalue weighted by atomic mass is 79.9. The predicted octanol–water partition coefficient (Wildman–Crippen LogP) is 1.46. The van der Waals surface area contributed by atoms with Gasteiger partial charge in [-0.2, -0.15) is 0 Å². The lowest BCUT2D eigenvalue weighted by Gasteiger charge is -1.76. The van der Waals surface area contributed by atoms with Crippen LogP contribution < -0.4 is 3.69 Å². The minimum absolute atomic E-state index is 0. The van der Waals surface area contributed by atoms with Crippen LogP contribution in [-0.2, 0) is 4.74 Å². The first-order chi connectivity index (χ1) is 6.89. The summed E-state index contributed by atoms with van der Waals surface area (Å²) in [6.07, 6.45) is 2.56. The lowest BCUT2D eigenvalue weighted by Crippen LogP contribution is -1.97. The van der Waals surface area contributed by atoms with E-state index in [0.29, 0.717) is 0 Å². The smallest absolute Gasteiger partial charge is 0.400 e. The third-order valence-corrected chi connectivity index (χ3v) is 2.14. The van der Waals surface area contributed by atoms with Crippen LogP contribution in [0.15, 0.2) is 30.3 Å². The third kappa shape index (κ3) is 12.3. The summed E-state index contributed by atoms with van der Waals surface area (Å²) in [5.41, 5.74) is 0. The van der Waals surface area contributed by atoms with Gasteiger partial charge in [0.25, 0.3) is 0 Å². The van der Waals surface area contributed by atoms with Gasteiger partial charge in [-0.3, -0.25) is 0 Å². The first kappa shape index (κ1) is 17.8. The molecule has 1 N–H and O–H groups in total. The fourth-order valence-corrected chi connectivity index (χ4v) is 1.26. The van der Waals surface area contributed by atoms with Gasteiger partial charge in [-0.15, -0.1) is 17.0 Å². The normalized spacial score (nSPS) is 12.5. The molecule has 81 valence electrons. The monoisotopic (exact) mass is 285 g/mol. The highest BCUT2D eigenvalue weighted by molar-refractivity contribution is 8.93. The van der Waals surface area contributed by atoms with Crippen LogP contribution in [0.25, 0.3) is 0 Å². The molecule has 0 amide bonds. The van der Waals surface area contributed by atoms with Crippen LogP contribution in [0.4, 0.5) is 0 Å². The van der Waals surface area contributed by atoms with Crippen LogP contribution in [-0.4, -0.2) is 47.1 Å². The van der Waals surface area contributed by atoms with Gasteiger partial charge in [-0.05, 0) is 12.8 Å². The van der Waals surface area contributed by atoms with Crippen LogP contribution in [0.5, 0.6) is 0 Å². The van der Waals surface area contributed by atoms with E-state index in [2.05, 4.69) is 12.1 Å². The van der Waals surface area contributed by atoms with E-state index in [1.54, 1.807) is 0 Å². The van der Waals surface area contributed by atoms with Crippen LogP contribution in [0, 0.1) is 0 Å². The number of benzene rings is 1. The molecule has 1 aliphatic heterocycles. The molecular weight excluding hydrogens is 268 g/mol. The fourth-order valence-electron chi connectivity index (χ4n) is 0.988. The summed E-state index contributed by atoms with van der Waals surface area (Å²) in [4.78, 5) is 0. The predicted molar refractivity (Wildman–Crippen MR) is 70.3 cm³/mol. The van der Waals surface area contributed by atoms with Crippen molar-refractivity contribution in [2.75, 3.05) is 20.3 Å². The zero-order chi connectivity index (χ0) is 10.6. The van der Waals surface area contributed by atoms with Gasteiger partial charge in [-0.25, -0.2) is 0 Å². The Morgan fingerprint density at radius 3 is 1.73 bits per heavy atom. The van der Waals surface area contributed by atoms with Crippen LogP contribution >= 0.6 is 17.0 Å². The van der Waals surface area contributed by atoms with Crippen molar-refractivity contribution in [2.24, 2.45) is 0 Å². The topological polar surface area (TPSA) is 29.5 Å². The molecule has 0 saturated carbocycles. The number of rotatable bonds is 0. The molecule has 1 fully saturated rings. The minimum Gasteiger partial charge on any atom is -0.400 e. The van der Waals surface area contributed by atoms with Crippen molar-refractivity contribution in [3.05, 3.63) is 30.3 Å². The van der Waals surface area contributed by atoms with Crippen LogP contribution in [0.3, 0.4) is 0 Å². The van der Waals surface area contributed by atoms with Crippen molar-refractivity contribution in [2.45, 2.75) is 12.8 Å². The third-order valence-electron chi connectivity index (χ3n) is 1.67. The number of ether oxygens (including phenoxy) is 1. The minimum atomic E-state index is 0. The lowest BCUT2D eigenvalue weighted by atomic mass is 10.4. The SMILES string of the molecule is Br.C1CCOC1.CO.[Mg+2][c]1ccccc1. The summed E-state index contributed by atoms with van der Waals surface area (Å²) >= 11 is 1.90. The summed E-state index contributed by atoms with van der Waals surface area (Å²) in [6, 6.07) is 10.3. The first-order valence-electron chi connectivity index (χ1n) is 4.79. The Balaban J connectivity index is 0.